The second kappa shape index (κ2) is 6.35. The van der Waals surface area contributed by atoms with Gasteiger partial charge in [0.25, 0.3) is 0 Å². The molecular weight excluding hydrogens is 244 g/mol. The second-order valence-corrected chi connectivity index (χ2v) is 3.71. The van der Waals surface area contributed by atoms with Crippen molar-refractivity contribution in [3.05, 3.63) is 71.8 Å². The van der Waals surface area contributed by atoms with Crippen LogP contribution in [-0.2, 0) is 9.47 Å². The van der Waals surface area contributed by atoms with E-state index >= 15 is 0 Å². The topological polar surface area (TPSA) is 52.6 Å². The van der Waals surface area contributed by atoms with Gasteiger partial charge in [0.15, 0.2) is 0 Å². The van der Waals surface area contributed by atoms with Crippen molar-refractivity contribution in [1.82, 2.24) is 0 Å². The maximum Gasteiger partial charge on any atom is 0.340 e. The maximum atomic E-state index is 11.5. The average Bonchev–Trinajstić information content (AvgIpc) is 2.49. The van der Waals surface area contributed by atoms with Gasteiger partial charge in [0.05, 0.1) is 11.1 Å². The first-order chi connectivity index (χ1) is 9.27. The Balaban J connectivity index is 1.81. The van der Waals surface area contributed by atoms with Gasteiger partial charge in [-0.05, 0) is 24.3 Å². The summed E-state index contributed by atoms with van der Waals surface area (Å²) in [6.07, 6.45) is 0. The zero-order valence-corrected chi connectivity index (χ0v) is 10.1. The minimum Gasteiger partial charge on any atom is -0.424 e. The summed E-state index contributed by atoms with van der Waals surface area (Å²) >= 11 is 0. The molecule has 2 rings (SSSR count). The Hall–Kier alpha value is -2.62. The molecule has 96 valence electrons. The lowest BCUT2D eigenvalue weighted by molar-refractivity contribution is -0.0167. The van der Waals surface area contributed by atoms with Crippen LogP contribution in [-0.4, -0.2) is 18.7 Å². The fourth-order valence-electron chi connectivity index (χ4n) is 1.45. The molecule has 0 atom stereocenters. The molecule has 19 heavy (non-hydrogen) atoms. The van der Waals surface area contributed by atoms with Gasteiger partial charge in [0.2, 0.25) is 6.79 Å². The predicted octanol–water partition coefficient (Wildman–Crippen LogP) is 2.66. The third-order valence-electron chi connectivity index (χ3n) is 2.40. The van der Waals surface area contributed by atoms with Crippen molar-refractivity contribution in [1.29, 1.82) is 0 Å². The number of rotatable bonds is 4. The van der Waals surface area contributed by atoms with Crippen LogP contribution in [0.15, 0.2) is 60.7 Å². The standard InChI is InChI=1S/C15H12O4/c16-14(12-7-3-1-4-8-12)18-11-19-15(17)13-9-5-2-6-10-13/h1-10H,11H2. The first kappa shape index (κ1) is 12.8. The van der Waals surface area contributed by atoms with Gasteiger partial charge in [-0.3, -0.25) is 0 Å². The molecule has 0 fully saturated rings. The Labute approximate surface area is 110 Å². The van der Waals surface area contributed by atoms with E-state index in [-0.39, 0.29) is 0 Å². The summed E-state index contributed by atoms with van der Waals surface area (Å²) in [5.74, 6) is -1.05. The van der Waals surface area contributed by atoms with Gasteiger partial charge in [-0.1, -0.05) is 36.4 Å². The Morgan fingerprint density at radius 1 is 0.684 bits per heavy atom. The van der Waals surface area contributed by atoms with E-state index in [0.29, 0.717) is 11.1 Å². The summed E-state index contributed by atoms with van der Waals surface area (Å²) in [5.41, 5.74) is 0.830. The summed E-state index contributed by atoms with van der Waals surface area (Å²) in [6, 6.07) is 17.0. The minimum absolute atomic E-state index is 0.401. The van der Waals surface area contributed by atoms with Gasteiger partial charge < -0.3 is 9.47 Å². The highest BCUT2D eigenvalue weighted by Gasteiger charge is 2.09. The molecule has 0 heterocycles. The van der Waals surface area contributed by atoms with E-state index in [1.165, 1.54) is 0 Å². The van der Waals surface area contributed by atoms with Gasteiger partial charge in [-0.2, -0.15) is 0 Å². The number of carbonyl (C=O) groups is 2. The molecule has 0 saturated carbocycles. The largest absolute Gasteiger partial charge is 0.424 e. The summed E-state index contributed by atoms with van der Waals surface area (Å²) in [6.45, 7) is -0.401. The first-order valence-electron chi connectivity index (χ1n) is 5.72. The van der Waals surface area contributed by atoms with E-state index in [1.807, 2.05) is 0 Å². The number of ether oxygens (including phenoxy) is 2. The summed E-state index contributed by atoms with van der Waals surface area (Å²) in [5, 5.41) is 0. The second-order valence-electron chi connectivity index (χ2n) is 3.71. The molecule has 4 heteroatoms. The smallest absolute Gasteiger partial charge is 0.340 e. The van der Waals surface area contributed by atoms with Crippen molar-refractivity contribution in [2.45, 2.75) is 0 Å². The zero-order valence-electron chi connectivity index (χ0n) is 10.1. The highest BCUT2D eigenvalue weighted by Crippen LogP contribution is 2.03. The Kier molecular flexibility index (Phi) is 4.29. The van der Waals surface area contributed by atoms with Gasteiger partial charge >= 0.3 is 11.9 Å². The van der Waals surface area contributed by atoms with E-state index < -0.39 is 18.7 Å². The van der Waals surface area contributed by atoms with Crippen molar-refractivity contribution in [3.63, 3.8) is 0 Å². The molecule has 0 bridgehead atoms. The van der Waals surface area contributed by atoms with Gasteiger partial charge in [0, 0.05) is 0 Å². The van der Waals surface area contributed by atoms with Crippen molar-refractivity contribution >= 4 is 11.9 Å². The summed E-state index contributed by atoms with van der Waals surface area (Å²) in [7, 11) is 0. The zero-order chi connectivity index (χ0) is 13.5. The number of esters is 2. The Morgan fingerprint density at radius 3 is 1.42 bits per heavy atom. The number of hydrogen-bond donors (Lipinski definition) is 0. The molecule has 0 aromatic heterocycles. The Bertz CT molecular complexity index is 497. The van der Waals surface area contributed by atoms with Crippen molar-refractivity contribution in [2.24, 2.45) is 0 Å². The minimum atomic E-state index is -0.526. The molecule has 4 nitrogen and oxygen atoms in total. The summed E-state index contributed by atoms with van der Waals surface area (Å²) in [4.78, 5) is 23.1. The normalized spacial score (nSPS) is 9.68. The van der Waals surface area contributed by atoms with Crippen LogP contribution in [0.25, 0.3) is 0 Å². The predicted molar refractivity (Wildman–Crippen MR) is 68.6 cm³/mol. The summed E-state index contributed by atoms with van der Waals surface area (Å²) < 4.78 is 9.68. The third kappa shape index (κ3) is 3.67. The van der Waals surface area contributed by atoms with Crippen molar-refractivity contribution in [3.8, 4) is 0 Å². The lowest BCUT2D eigenvalue weighted by Crippen LogP contribution is -2.13. The number of carbonyl (C=O) groups excluding carboxylic acids is 2. The van der Waals surface area contributed by atoms with Crippen LogP contribution in [0.3, 0.4) is 0 Å². The van der Waals surface area contributed by atoms with Crippen LogP contribution in [0.4, 0.5) is 0 Å². The van der Waals surface area contributed by atoms with Crippen LogP contribution in [0.2, 0.25) is 0 Å². The third-order valence-corrected chi connectivity index (χ3v) is 2.40. The average molecular weight is 256 g/mol. The molecule has 2 aromatic carbocycles. The fourth-order valence-corrected chi connectivity index (χ4v) is 1.45. The lowest BCUT2D eigenvalue weighted by atomic mass is 10.2. The van der Waals surface area contributed by atoms with Crippen molar-refractivity contribution in [2.75, 3.05) is 6.79 Å². The quantitative estimate of drug-likeness (QED) is 0.623. The molecule has 0 unspecified atom stereocenters. The fraction of sp³-hybridized carbons (Fsp3) is 0.0667. The van der Waals surface area contributed by atoms with Crippen LogP contribution >= 0.6 is 0 Å². The molecule has 0 saturated heterocycles. The van der Waals surface area contributed by atoms with Crippen LogP contribution < -0.4 is 0 Å². The SMILES string of the molecule is O=C(OCOC(=O)c1ccccc1)c1ccccc1. The van der Waals surface area contributed by atoms with Gasteiger partial charge in [0.1, 0.15) is 0 Å². The monoisotopic (exact) mass is 256 g/mol. The van der Waals surface area contributed by atoms with E-state index in [9.17, 15) is 9.59 Å². The molecule has 0 amide bonds. The number of hydrogen-bond acceptors (Lipinski definition) is 4. The number of benzene rings is 2. The molecule has 0 aliphatic carbocycles. The highest BCUT2D eigenvalue weighted by molar-refractivity contribution is 5.90. The Morgan fingerprint density at radius 2 is 1.05 bits per heavy atom. The molecule has 0 spiro atoms. The molecule has 0 aliphatic heterocycles. The lowest BCUT2D eigenvalue weighted by Gasteiger charge is -2.06. The molecule has 0 radical (unpaired) electrons. The first-order valence-corrected chi connectivity index (χ1v) is 5.72. The van der Waals surface area contributed by atoms with Crippen molar-refractivity contribution < 1.29 is 19.1 Å². The van der Waals surface area contributed by atoms with Crippen LogP contribution in [0.5, 0.6) is 0 Å². The molecule has 0 aliphatic rings. The van der Waals surface area contributed by atoms with E-state index in [2.05, 4.69) is 0 Å². The van der Waals surface area contributed by atoms with E-state index in [0.717, 1.165) is 0 Å². The molecular formula is C15H12O4. The highest BCUT2D eigenvalue weighted by atomic mass is 16.7. The van der Waals surface area contributed by atoms with Crippen LogP contribution in [0, 0.1) is 0 Å². The van der Waals surface area contributed by atoms with Gasteiger partial charge in [-0.15, -0.1) is 0 Å². The molecule has 2 aromatic rings. The van der Waals surface area contributed by atoms with Crippen LogP contribution in [0.1, 0.15) is 20.7 Å². The van der Waals surface area contributed by atoms with Gasteiger partial charge in [-0.25, -0.2) is 9.59 Å². The molecule has 0 N–H and O–H groups in total. The van der Waals surface area contributed by atoms with E-state index in [4.69, 9.17) is 9.47 Å². The van der Waals surface area contributed by atoms with E-state index in [1.54, 1.807) is 60.7 Å². The maximum absolute atomic E-state index is 11.5.